The summed E-state index contributed by atoms with van der Waals surface area (Å²) in [6.45, 7) is -0.0201. The van der Waals surface area contributed by atoms with Crippen LogP contribution in [0.2, 0.25) is 0 Å². The molecule has 1 aromatic carbocycles. The molecule has 0 spiro atoms. The van der Waals surface area contributed by atoms with E-state index in [1.165, 1.54) is 0 Å². The van der Waals surface area contributed by atoms with E-state index in [2.05, 4.69) is 5.32 Å². The topological polar surface area (TPSA) is 125 Å². The lowest BCUT2D eigenvalue weighted by molar-refractivity contribution is -0.134. The van der Waals surface area contributed by atoms with Crippen molar-refractivity contribution in [2.75, 3.05) is 6.61 Å². The quantitative estimate of drug-likeness (QED) is 0.445. The van der Waals surface area contributed by atoms with Crippen molar-refractivity contribution < 1.29 is 27.9 Å². The number of nitrogens with two attached hydrogens (primary N) is 2. The van der Waals surface area contributed by atoms with Gasteiger partial charge in [-0.1, -0.05) is 0 Å². The Bertz CT molecular complexity index is 566. The van der Waals surface area contributed by atoms with Crippen LogP contribution in [0.3, 0.4) is 0 Å². The van der Waals surface area contributed by atoms with Gasteiger partial charge in [-0.3, -0.25) is 14.4 Å². The summed E-state index contributed by atoms with van der Waals surface area (Å²) < 4.78 is 30.9. The van der Waals surface area contributed by atoms with Crippen molar-refractivity contribution in [3.05, 3.63) is 29.8 Å². The van der Waals surface area contributed by atoms with Gasteiger partial charge in [-0.25, -0.2) is 8.78 Å². The van der Waals surface area contributed by atoms with E-state index < -0.39 is 35.4 Å². The third-order valence-corrected chi connectivity index (χ3v) is 2.57. The van der Waals surface area contributed by atoms with E-state index in [9.17, 15) is 23.2 Å². The number of ether oxygens (including phenoxy) is 1. The van der Waals surface area contributed by atoms with Crippen LogP contribution in [-0.4, -0.2) is 30.4 Å². The van der Waals surface area contributed by atoms with Gasteiger partial charge in [0.1, 0.15) is 5.82 Å². The number of carbonyl (C=O) groups excluding carboxylic acids is 3. The second-order valence-electron chi connectivity index (χ2n) is 4.33. The molecular weight excluding hydrogens is 300 g/mol. The molecule has 22 heavy (non-hydrogen) atoms. The SMILES string of the molecule is NC(=O)C(NC(=O)CCCOc1ccc(F)cc1F)C(N)=O. The summed E-state index contributed by atoms with van der Waals surface area (Å²) in [6, 6.07) is 1.26. The Balaban J connectivity index is 2.36. The van der Waals surface area contributed by atoms with Crippen LogP contribution >= 0.6 is 0 Å². The Labute approximate surface area is 124 Å². The highest BCUT2D eigenvalue weighted by atomic mass is 19.1. The molecule has 0 unspecified atom stereocenters. The van der Waals surface area contributed by atoms with Crippen LogP contribution < -0.4 is 21.5 Å². The minimum absolute atomic E-state index is 0.0201. The zero-order valence-corrected chi connectivity index (χ0v) is 11.5. The fourth-order valence-corrected chi connectivity index (χ4v) is 1.52. The van der Waals surface area contributed by atoms with Crippen LogP contribution in [-0.2, 0) is 14.4 Å². The van der Waals surface area contributed by atoms with E-state index in [4.69, 9.17) is 16.2 Å². The molecule has 0 aliphatic carbocycles. The second kappa shape index (κ2) is 7.91. The molecule has 9 heteroatoms. The highest BCUT2D eigenvalue weighted by Crippen LogP contribution is 2.17. The van der Waals surface area contributed by atoms with E-state index in [1.54, 1.807) is 0 Å². The van der Waals surface area contributed by atoms with Gasteiger partial charge in [-0.05, 0) is 18.6 Å². The number of primary amides is 2. The smallest absolute Gasteiger partial charge is 0.249 e. The monoisotopic (exact) mass is 315 g/mol. The van der Waals surface area contributed by atoms with Crippen LogP contribution in [0.4, 0.5) is 8.78 Å². The molecule has 0 aromatic heterocycles. The van der Waals surface area contributed by atoms with Crippen molar-refractivity contribution in [3.8, 4) is 5.75 Å². The summed E-state index contributed by atoms with van der Waals surface area (Å²) >= 11 is 0. The molecule has 0 fully saturated rings. The molecule has 1 rings (SSSR count). The molecule has 0 heterocycles. The Morgan fingerprint density at radius 1 is 1.18 bits per heavy atom. The molecule has 7 nitrogen and oxygen atoms in total. The minimum atomic E-state index is -1.58. The van der Waals surface area contributed by atoms with Gasteiger partial charge in [0.25, 0.3) is 0 Å². The first-order valence-corrected chi connectivity index (χ1v) is 6.27. The maximum atomic E-state index is 13.2. The standard InChI is InChI=1S/C13H15F2N3O4/c14-7-3-4-9(8(15)6-7)22-5-1-2-10(19)18-11(12(16)20)13(17)21/h3-4,6,11H,1-2,5H2,(H2,16,20)(H2,17,21)(H,18,19). The minimum Gasteiger partial charge on any atom is -0.491 e. The normalized spacial score (nSPS) is 10.3. The number of rotatable bonds is 8. The van der Waals surface area contributed by atoms with E-state index >= 15 is 0 Å². The first kappa shape index (κ1) is 17.3. The molecule has 3 amide bonds. The fourth-order valence-electron chi connectivity index (χ4n) is 1.52. The van der Waals surface area contributed by atoms with E-state index in [0.29, 0.717) is 6.07 Å². The molecule has 0 bridgehead atoms. The lowest BCUT2D eigenvalue weighted by Gasteiger charge is -2.12. The Morgan fingerprint density at radius 2 is 1.82 bits per heavy atom. The maximum absolute atomic E-state index is 13.2. The van der Waals surface area contributed by atoms with Gasteiger partial charge < -0.3 is 21.5 Å². The van der Waals surface area contributed by atoms with Crippen LogP contribution in [0.25, 0.3) is 0 Å². The van der Waals surface area contributed by atoms with Crippen LogP contribution in [0.15, 0.2) is 18.2 Å². The van der Waals surface area contributed by atoms with E-state index in [1.807, 2.05) is 0 Å². The number of halogens is 2. The Kier molecular flexibility index (Phi) is 6.24. The number of nitrogens with one attached hydrogen (secondary N) is 1. The van der Waals surface area contributed by atoms with Crippen molar-refractivity contribution in [3.63, 3.8) is 0 Å². The summed E-state index contributed by atoms with van der Waals surface area (Å²) in [7, 11) is 0. The van der Waals surface area contributed by atoms with Crippen molar-refractivity contribution >= 4 is 17.7 Å². The lowest BCUT2D eigenvalue weighted by atomic mass is 10.2. The summed E-state index contributed by atoms with van der Waals surface area (Å²) in [5.74, 6) is -4.49. The first-order valence-electron chi connectivity index (χ1n) is 6.27. The molecule has 5 N–H and O–H groups in total. The van der Waals surface area contributed by atoms with Gasteiger partial charge in [0, 0.05) is 12.5 Å². The Morgan fingerprint density at radius 3 is 2.36 bits per heavy atom. The van der Waals surface area contributed by atoms with Crippen LogP contribution in [0.5, 0.6) is 5.75 Å². The highest BCUT2D eigenvalue weighted by molar-refractivity contribution is 6.05. The van der Waals surface area contributed by atoms with Gasteiger partial charge in [0.2, 0.25) is 17.7 Å². The van der Waals surface area contributed by atoms with Crippen LogP contribution in [0.1, 0.15) is 12.8 Å². The molecule has 0 aliphatic rings. The average Bonchev–Trinajstić information content (AvgIpc) is 2.42. The second-order valence-corrected chi connectivity index (χ2v) is 4.33. The van der Waals surface area contributed by atoms with Crippen molar-refractivity contribution in [1.29, 1.82) is 0 Å². The van der Waals surface area contributed by atoms with Gasteiger partial charge in [0.05, 0.1) is 6.61 Å². The van der Waals surface area contributed by atoms with Crippen LogP contribution in [0, 0.1) is 11.6 Å². The van der Waals surface area contributed by atoms with Crippen molar-refractivity contribution in [2.24, 2.45) is 11.5 Å². The summed E-state index contributed by atoms with van der Waals surface area (Å²) in [5, 5.41) is 2.07. The molecular formula is C13H15F2N3O4. The van der Waals surface area contributed by atoms with Crippen molar-refractivity contribution in [1.82, 2.24) is 5.32 Å². The lowest BCUT2D eigenvalue weighted by Crippen LogP contribution is -2.52. The van der Waals surface area contributed by atoms with Gasteiger partial charge >= 0.3 is 0 Å². The molecule has 0 atom stereocenters. The maximum Gasteiger partial charge on any atom is 0.249 e. The largest absolute Gasteiger partial charge is 0.491 e. The zero-order valence-electron chi connectivity index (χ0n) is 11.5. The van der Waals surface area contributed by atoms with Gasteiger partial charge in [0.15, 0.2) is 17.6 Å². The number of hydrogen-bond donors (Lipinski definition) is 3. The van der Waals surface area contributed by atoms with Gasteiger partial charge in [-0.15, -0.1) is 0 Å². The predicted octanol–water partition coefficient (Wildman–Crippen LogP) is -0.421. The number of benzene rings is 1. The molecule has 0 saturated carbocycles. The molecule has 1 aromatic rings. The fraction of sp³-hybridized carbons (Fsp3) is 0.308. The number of hydrogen-bond acceptors (Lipinski definition) is 4. The third kappa shape index (κ3) is 5.35. The predicted molar refractivity (Wildman–Crippen MR) is 71.4 cm³/mol. The molecule has 0 saturated heterocycles. The third-order valence-electron chi connectivity index (χ3n) is 2.57. The van der Waals surface area contributed by atoms with E-state index in [0.717, 1.165) is 12.1 Å². The molecule has 0 aliphatic heterocycles. The molecule has 0 radical (unpaired) electrons. The van der Waals surface area contributed by atoms with E-state index in [-0.39, 0.29) is 25.2 Å². The summed E-state index contributed by atoms with van der Waals surface area (Å²) in [5.41, 5.74) is 9.79. The summed E-state index contributed by atoms with van der Waals surface area (Å²) in [4.78, 5) is 33.2. The Hall–Kier alpha value is -2.71. The average molecular weight is 315 g/mol. The highest BCUT2D eigenvalue weighted by Gasteiger charge is 2.23. The zero-order chi connectivity index (χ0) is 16.7. The first-order chi connectivity index (χ1) is 10.3. The van der Waals surface area contributed by atoms with Gasteiger partial charge in [-0.2, -0.15) is 0 Å². The molecule has 120 valence electrons. The number of carbonyl (C=O) groups is 3. The summed E-state index contributed by atoms with van der Waals surface area (Å²) in [6.07, 6.45) is 0.0762. The number of amides is 3. The van der Waals surface area contributed by atoms with Crippen molar-refractivity contribution in [2.45, 2.75) is 18.9 Å².